The largest absolute Gasteiger partial charge is 0.445 e. The van der Waals surface area contributed by atoms with Crippen LogP contribution in [0.4, 0.5) is 25.8 Å². The molecule has 5 N–H and O–H groups in total. The highest BCUT2D eigenvalue weighted by molar-refractivity contribution is 5.86. The Bertz CT molecular complexity index is 2190. The van der Waals surface area contributed by atoms with E-state index in [1.54, 1.807) is 18.2 Å². The fourth-order valence-corrected chi connectivity index (χ4v) is 5.66. The number of H-pyrrole nitrogens is 2. The number of hydrogen-bond acceptors (Lipinski definition) is 8. The zero-order valence-electron chi connectivity index (χ0n) is 28.0. The first-order chi connectivity index (χ1) is 25.3. The van der Waals surface area contributed by atoms with Gasteiger partial charge < -0.3 is 34.8 Å². The molecule has 0 saturated heterocycles. The van der Waals surface area contributed by atoms with E-state index >= 15 is 0 Å². The summed E-state index contributed by atoms with van der Waals surface area (Å²) in [5.74, 6) is 0. The fraction of sp³-hybridized carbons (Fsp3) is 0.184. The van der Waals surface area contributed by atoms with Crippen molar-refractivity contribution >= 4 is 51.5 Å². The molecular weight excluding hydrogens is 668 g/mol. The van der Waals surface area contributed by atoms with Crippen molar-refractivity contribution < 1.29 is 33.5 Å². The second-order valence-corrected chi connectivity index (χ2v) is 11.8. The summed E-state index contributed by atoms with van der Waals surface area (Å²) in [4.78, 5) is 54.7. The highest BCUT2D eigenvalue weighted by atomic mass is 16.6. The van der Waals surface area contributed by atoms with Gasteiger partial charge in [-0.05, 0) is 71.5 Å². The Morgan fingerprint density at radius 2 is 1.13 bits per heavy atom. The molecule has 0 unspecified atom stereocenters. The number of aromatic nitrogens is 2. The third-order valence-electron chi connectivity index (χ3n) is 8.33. The van der Waals surface area contributed by atoms with Gasteiger partial charge in [-0.2, -0.15) is 0 Å². The van der Waals surface area contributed by atoms with E-state index in [1.165, 1.54) is 24.3 Å². The monoisotopic (exact) mass is 704 g/mol. The molecule has 6 aromatic rings. The summed E-state index contributed by atoms with van der Waals surface area (Å²) in [6.45, 7) is 0.301. The third-order valence-corrected chi connectivity index (χ3v) is 8.33. The lowest BCUT2D eigenvalue weighted by molar-refractivity contribution is -0.384. The van der Waals surface area contributed by atoms with E-state index in [0.29, 0.717) is 48.3 Å². The Morgan fingerprint density at radius 1 is 0.615 bits per heavy atom. The molecule has 6 rings (SSSR count). The molecule has 4 aromatic carbocycles. The summed E-state index contributed by atoms with van der Waals surface area (Å²) in [6, 6.07) is 26.4. The second kappa shape index (κ2) is 16.7. The second-order valence-electron chi connectivity index (χ2n) is 11.8. The molecule has 2 heterocycles. The quantitative estimate of drug-likeness (QED) is 0.0445. The fourth-order valence-electron chi connectivity index (χ4n) is 5.66. The highest BCUT2D eigenvalue weighted by Gasteiger charge is 2.14. The van der Waals surface area contributed by atoms with Crippen LogP contribution in [0.25, 0.3) is 21.8 Å². The number of carbonyl (C=O) groups excluding carboxylic acids is 3. The zero-order chi connectivity index (χ0) is 36.3. The maximum Gasteiger partial charge on any atom is 0.411 e. The van der Waals surface area contributed by atoms with Crippen molar-refractivity contribution in [3.05, 3.63) is 141 Å². The molecule has 2 aromatic heterocycles. The average molecular weight is 705 g/mol. The number of non-ortho nitro benzene ring substituents is 1. The molecule has 0 aliphatic rings. The van der Waals surface area contributed by atoms with Gasteiger partial charge in [0.25, 0.3) is 5.69 Å². The molecule has 0 bridgehead atoms. The Kier molecular flexibility index (Phi) is 11.3. The van der Waals surface area contributed by atoms with Crippen molar-refractivity contribution in [2.45, 2.75) is 32.7 Å². The molecule has 0 radical (unpaired) electrons. The average Bonchev–Trinajstić information content (AvgIpc) is 3.77. The summed E-state index contributed by atoms with van der Waals surface area (Å²) in [5.41, 5.74) is 5.99. The summed E-state index contributed by atoms with van der Waals surface area (Å²) in [6.07, 6.45) is 3.00. The molecule has 0 saturated carbocycles. The first-order valence-corrected chi connectivity index (χ1v) is 16.5. The minimum absolute atomic E-state index is 0.0758. The number of benzene rings is 4. The number of hydrogen-bond donors (Lipinski definition) is 5. The van der Waals surface area contributed by atoms with Crippen molar-refractivity contribution in [3.63, 3.8) is 0 Å². The van der Waals surface area contributed by atoms with Crippen molar-refractivity contribution in [1.82, 2.24) is 20.6 Å². The van der Waals surface area contributed by atoms with Gasteiger partial charge in [-0.15, -0.1) is 0 Å². The van der Waals surface area contributed by atoms with Gasteiger partial charge in [-0.1, -0.05) is 42.5 Å². The number of fused-ring (bicyclic) bond motifs is 2. The normalized spacial score (nSPS) is 10.8. The van der Waals surface area contributed by atoms with Crippen LogP contribution < -0.4 is 16.0 Å². The van der Waals surface area contributed by atoms with Crippen LogP contribution >= 0.6 is 0 Å². The SMILES string of the molecule is O=C(NCCc1c[nH]c2ccccc12)OCc1ccc(NC(=O)OCc2ccc([N+](=O)[O-])cc2)c(COC(=O)NCCc2c[nH]c3ccccc23)c1. The number of nitro groups is 1. The number of para-hydroxylation sites is 2. The molecule has 266 valence electrons. The number of nitro benzene ring substituents is 1. The van der Waals surface area contributed by atoms with Gasteiger partial charge in [-0.3, -0.25) is 15.4 Å². The number of alkyl carbamates (subject to hydrolysis) is 2. The molecule has 14 nitrogen and oxygen atoms in total. The lowest BCUT2D eigenvalue weighted by atomic mass is 10.1. The zero-order valence-corrected chi connectivity index (χ0v) is 28.0. The maximum atomic E-state index is 12.7. The number of nitrogens with zero attached hydrogens (tertiary/aromatic N) is 1. The number of aromatic amines is 2. The molecule has 52 heavy (non-hydrogen) atoms. The van der Waals surface area contributed by atoms with E-state index in [1.807, 2.05) is 60.9 Å². The van der Waals surface area contributed by atoms with Crippen molar-refractivity contribution in [3.8, 4) is 0 Å². The molecule has 0 atom stereocenters. The molecule has 0 aliphatic carbocycles. The van der Waals surface area contributed by atoms with Crippen molar-refractivity contribution in [2.24, 2.45) is 0 Å². The van der Waals surface area contributed by atoms with E-state index < -0.39 is 23.2 Å². The molecular formula is C38H36N6O8. The van der Waals surface area contributed by atoms with Crippen LogP contribution in [0.1, 0.15) is 27.8 Å². The summed E-state index contributed by atoms with van der Waals surface area (Å²) >= 11 is 0. The minimum atomic E-state index is -0.790. The lowest BCUT2D eigenvalue weighted by Gasteiger charge is -2.14. The Balaban J connectivity index is 1.03. The van der Waals surface area contributed by atoms with E-state index in [-0.39, 0.29) is 25.5 Å². The van der Waals surface area contributed by atoms with Gasteiger partial charge in [0.15, 0.2) is 0 Å². The van der Waals surface area contributed by atoms with Gasteiger partial charge in [0.1, 0.15) is 19.8 Å². The predicted molar refractivity (Wildman–Crippen MR) is 194 cm³/mol. The van der Waals surface area contributed by atoms with Crippen LogP contribution in [0.3, 0.4) is 0 Å². The van der Waals surface area contributed by atoms with Crippen LogP contribution in [0.5, 0.6) is 0 Å². The first-order valence-electron chi connectivity index (χ1n) is 16.5. The number of anilines is 1. The molecule has 0 aliphatic heterocycles. The van der Waals surface area contributed by atoms with Gasteiger partial charge in [0, 0.05) is 65.0 Å². The summed E-state index contributed by atoms with van der Waals surface area (Å²) in [5, 5.41) is 21.3. The van der Waals surface area contributed by atoms with Crippen LogP contribution in [0, 0.1) is 10.1 Å². The maximum absolute atomic E-state index is 12.7. The third kappa shape index (κ3) is 9.24. The van der Waals surface area contributed by atoms with Crippen LogP contribution in [-0.2, 0) is 46.9 Å². The number of nitrogens with one attached hydrogen (secondary N) is 5. The standard InChI is InChI=1S/C38H36N6O8/c45-36(39-17-15-27-20-41-34-7-3-1-5-31(27)34)50-23-26-11-14-33(43-38(47)51-22-25-9-12-30(13-10-25)44(48)49)29(19-26)24-52-37(46)40-18-16-28-21-42-35-8-4-2-6-32(28)35/h1-14,19-21,41-42H,15-18,22-24H2,(H,39,45)(H,40,46)(H,43,47). The van der Waals surface area contributed by atoms with Crippen LogP contribution in [-0.4, -0.2) is 46.3 Å². The van der Waals surface area contributed by atoms with E-state index in [2.05, 4.69) is 25.9 Å². The molecule has 14 heteroatoms. The molecule has 0 spiro atoms. The predicted octanol–water partition coefficient (Wildman–Crippen LogP) is 7.24. The van der Waals surface area contributed by atoms with Gasteiger partial charge >= 0.3 is 18.3 Å². The molecule has 0 fully saturated rings. The van der Waals surface area contributed by atoms with Crippen molar-refractivity contribution in [1.29, 1.82) is 0 Å². The topological polar surface area (TPSA) is 190 Å². The Labute approximate surface area is 297 Å². The van der Waals surface area contributed by atoms with Gasteiger partial charge in [0.2, 0.25) is 0 Å². The van der Waals surface area contributed by atoms with Crippen LogP contribution in [0.15, 0.2) is 103 Å². The van der Waals surface area contributed by atoms with Crippen LogP contribution in [0.2, 0.25) is 0 Å². The number of rotatable bonds is 14. The Hall–Kier alpha value is -6.83. The van der Waals surface area contributed by atoms with E-state index in [4.69, 9.17) is 14.2 Å². The first kappa shape index (κ1) is 35.0. The number of carbonyl (C=O) groups is 3. The smallest absolute Gasteiger partial charge is 0.411 e. The highest BCUT2D eigenvalue weighted by Crippen LogP contribution is 2.22. The van der Waals surface area contributed by atoms with Crippen molar-refractivity contribution in [2.75, 3.05) is 18.4 Å². The molecule has 3 amide bonds. The van der Waals surface area contributed by atoms with E-state index in [9.17, 15) is 24.5 Å². The minimum Gasteiger partial charge on any atom is -0.445 e. The van der Waals surface area contributed by atoms with E-state index in [0.717, 1.165) is 32.9 Å². The number of ether oxygens (including phenoxy) is 3. The summed E-state index contributed by atoms with van der Waals surface area (Å²) in [7, 11) is 0. The number of amides is 3. The summed E-state index contributed by atoms with van der Waals surface area (Å²) < 4.78 is 16.2. The Morgan fingerprint density at radius 3 is 1.73 bits per heavy atom. The van der Waals surface area contributed by atoms with Gasteiger partial charge in [0.05, 0.1) is 10.6 Å². The lowest BCUT2D eigenvalue weighted by Crippen LogP contribution is -2.27. The van der Waals surface area contributed by atoms with Gasteiger partial charge in [-0.25, -0.2) is 14.4 Å².